The van der Waals surface area contributed by atoms with Crippen molar-refractivity contribution < 1.29 is 13.2 Å². The third-order valence-electron chi connectivity index (χ3n) is 4.92. The summed E-state index contributed by atoms with van der Waals surface area (Å²) >= 11 is 1.53. The minimum atomic E-state index is -3.54. The second-order valence-corrected chi connectivity index (χ2v) is 10.4. The van der Waals surface area contributed by atoms with Crippen LogP contribution in [0.3, 0.4) is 0 Å². The molecule has 1 heterocycles. The van der Waals surface area contributed by atoms with E-state index in [9.17, 15) is 13.2 Å². The molecule has 1 atom stereocenters. The number of hydrogen-bond acceptors (Lipinski definition) is 4. The van der Waals surface area contributed by atoms with Crippen molar-refractivity contribution in [1.82, 2.24) is 9.21 Å². The molecule has 5 nitrogen and oxygen atoms in total. The lowest BCUT2D eigenvalue weighted by molar-refractivity contribution is -0.131. The molecular formula is C21H26N2O3S2. The van der Waals surface area contributed by atoms with Crippen molar-refractivity contribution in [3.05, 3.63) is 59.7 Å². The summed E-state index contributed by atoms with van der Waals surface area (Å²) in [7, 11) is -3.54. The van der Waals surface area contributed by atoms with Crippen LogP contribution in [-0.2, 0) is 14.8 Å². The van der Waals surface area contributed by atoms with E-state index in [1.165, 1.54) is 16.1 Å². The topological polar surface area (TPSA) is 57.7 Å². The summed E-state index contributed by atoms with van der Waals surface area (Å²) in [4.78, 5) is 16.0. The van der Waals surface area contributed by atoms with Crippen molar-refractivity contribution in [2.75, 3.05) is 26.2 Å². The molecule has 1 amide bonds. The maximum atomic E-state index is 13.0. The van der Waals surface area contributed by atoms with Gasteiger partial charge in [0.25, 0.3) is 0 Å². The number of aryl methyl sites for hydroxylation is 2. The molecule has 28 heavy (non-hydrogen) atoms. The number of carbonyl (C=O) groups is 1. The Morgan fingerprint density at radius 1 is 1.00 bits per heavy atom. The summed E-state index contributed by atoms with van der Waals surface area (Å²) in [6.45, 7) is 7.09. The predicted octanol–water partition coefficient (Wildman–Crippen LogP) is 3.32. The van der Waals surface area contributed by atoms with Gasteiger partial charge in [-0.1, -0.05) is 30.3 Å². The maximum Gasteiger partial charge on any atom is 0.243 e. The second kappa shape index (κ2) is 8.68. The maximum absolute atomic E-state index is 13.0. The van der Waals surface area contributed by atoms with Gasteiger partial charge in [0.1, 0.15) is 0 Å². The number of rotatable bonds is 5. The highest BCUT2D eigenvalue weighted by Gasteiger charge is 2.32. The van der Waals surface area contributed by atoms with Gasteiger partial charge in [-0.15, -0.1) is 11.8 Å². The van der Waals surface area contributed by atoms with Crippen LogP contribution in [0.1, 0.15) is 18.1 Å². The fourth-order valence-electron chi connectivity index (χ4n) is 3.28. The van der Waals surface area contributed by atoms with Gasteiger partial charge in [-0.25, -0.2) is 8.42 Å². The van der Waals surface area contributed by atoms with Crippen molar-refractivity contribution in [3.63, 3.8) is 0 Å². The van der Waals surface area contributed by atoms with E-state index in [-0.39, 0.29) is 11.2 Å². The Bertz CT molecular complexity index is 937. The van der Waals surface area contributed by atoms with Gasteiger partial charge in [-0.05, 0) is 50.1 Å². The molecule has 1 saturated heterocycles. The number of amides is 1. The Balaban J connectivity index is 1.63. The zero-order chi connectivity index (χ0) is 20.3. The third kappa shape index (κ3) is 4.59. The van der Waals surface area contributed by atoms with E-state index in [1.807, 2.05) is 63.2 Å². The molecular weight excluding hydrogens is 392 g/mol. The Labute approximate surface area is 171 Å². The van der Waals surface area contributed by atoms with Crippen LogP contribution in [-0.4, -0.2) is 55.0 Å². The first-order valence-corrected chi connectivity index (χ1v) is 11.7. The van der Waals surface area contributed by atoms with Crippen molar-refractivity contribution in [2.24, 2.45) is 0 Å². The Morgan fingerprint density at radius 3 is 2.29 bits per heavy atom. The van der Waals surface area contributed by atoms with Crippen molar-refractivity contribution in [3.8, 4) is 0 Å². The molecule has 7 heteroatoms. The van der Waals surface area contributed by atoms with Crippen LogP contribution in [0.4, 0.5) is 0 Å². The minimum Gasteiger partial charge on any atom is -0.339 e. The molecule has 1 aliphatic heterocycles. The third-order valence-corrected chi connectivity index (χ3v) is 8.06. The molecule has 2 aromatic rings. The molecule has 1 fully saturated rings. The first-order chi connectivity index (χ1) is 13.3. The molecule has 150 valence electrons. The Morgan fingerprint density at radius 2 is 1.64 bits per heavy atom. The summed E-state index contributed by atoms with van der Waals surface area (Å²) in [5.74, 6) is 0.0534. The molecule has 1 aliphatic rings. The summed E-state index contributed by atoms with van der Waals surface area (Å²) in [5.41, 5.74) is 1.67. The first kappa shape index (κ1) is 20.9. The lowest BCUT2D eigenvalue weighted by atomic mass is 10.2. The van der Waals surface area contributed by atoms with Gasteiger partial charge in [0.05, 0.1) is 10.1 Å². The highest BCUT2D eigenvalue weighted by atomic mass is 32.2. The highest BCUT2D eigenvalue weighted by molar-refractivity contribution is 8.00. The average molecular weight is 419 g/mol. The summed E-state index contributed by atoms with van der Waals surface area (Å²) < 4.78 is 27.6. The largest absolute Gasteiger partial charge is 0.339 e. The zero-order valence-corrected chi connectivity index (χ0v) is 18.1. The van der Waals surface area contributed by atoms with Gasteiger partial charge in [0, 0.05) is 31.1 Å². The second-order valence-electron chi connectivity index (χ2n) is 7.07. The molecule has 3 rings (SSSR count). The average Bonchev–Trinajstić information content (AvgIpc) is 2.70. The normalized spacial score (nSPS) is 16.8. The molecule has 0 saturated carbocycles. The number of carbonyl (C=O) groups excluding carboxylic acids is 1. The van der Waals surface area contributed by atoms with E-state index < -0.39 is 10.0 Å². The van der Waals surface area contributed by atoms with Crippen molar-refractivity contribution in [2.45, 2.75) is 35.8 Å². The van der Waals surface area contributed by atoms with Gasteiger partial charge >= 0.3 is 0 Å². The molecule has 0 spiro atoms. The van der Waals surface area contributed by atoms with E-state index in [0.717, 1.165) is 16.0 Å². The molecule has 0 radical (unpaired) electrons. The van der Waals surface area contributed by atoms with Gasteiger partial charge < -0.3 is 4.90 Å². The van der Waals surface area contributed by atoms with Crippen molar-refractivity contribution >= 4 is 27.7 Å². The monoisotopic (exact) mass is 418 g/mol. The molecule has 0 aliphatic carbocycles. The Kier molecular flexibility index (Phi) is 6.47. The quantitative estimate of drug-likeness (QED) is 0.699. The van der Waals surface area contributed by atoms with E-state index in [0.29, 0.717) is 31.1 Å². The standard InChI is InChI=1S/C21H26N2O3S2/c1-16-9-10-17(2)20(15-16)28(25,26)23-13-11-22(12-14-23)21(24)18(3)27-19-7-5-4-6-8-19/h4-10,15,18H,11-14H2,1-3H3/t18-/m0/s1. The zero-order valence-electron chi connectivity index (χ0n) is 16.5. The smallest absolute Gasteiger partial charge is 0.243 e. The Hall–Kier alpha value is -1.83. The van der Waals surface area contributed by atoms with Crippen LogP contribution < -0.4 is 0 Å². The fraction of sp³-hybridized carbons (Fsp3) is 0.381. The van der Waals surface area contributed by atoms with Crippen LogP contribution in [0.25, 0.3) is 0 Å². The van der Waals surface area contributed by atoms with E-state index in [1.54, 1.807) is 11.0 Å². The predicted molar refractivity (Wildman–Crippen MR) is 113 cm³/mol. The highest BCUT2D eigenvalue weighted by Crippen LogP contribution is 2.26. The van der Waals surface area contributed by atoms with Gasteiger partial charge in [-0.2, -0.15) is 4.31 Å². The van der Waals surface area contributed by atoms with Crippen LogP contribution in [0.2, 0.25) is 0 Å². The summed E-state index contributed by atoms with van der Waals surface area (Å²) in [6.07, 6.45) is 0. The van der Waals surface area contributed by atoms with Crippen LogP contribution in [0.5, 0.6) is 0 Å². The molecule has 0 aromatic heterocycles. The van der Waals surface area contributed by atoms with Crippen LogP contribution >= 0.6 is 11.8 Å². The summed E-state index contributed by atoms with van der Waals surface area (Å²) in [6, 6.07) is 15.3. The van der Waals surface area contributed by atoms with Crippen LogP contribution in [0.15, 0.2) is 58.3 Å². The number of benzene rings is 2. The first-order valence-electron chi connectivity index (χ1n) is 9.37. The number of piperazine rings is 1. The SMILES string of the molecule is Cc1ccc(C)c(S(=O)(=O)N2CCN(C(=O)[C@H](C)Sc3ccccc3)CC2)c1. The molecule has 0 bridgehead atoms. The van der Waals surface area contributed by atoms with E-state index >= 15 is 0 Å². The number of sulfonamides is 1. The summed E-state index contributed by atoms with van der Waals surface area (Å²) in [5, 5.41) is -0.204. The van der Waals surface area contributed by atoms with E-state index in [4.69, 9.17) is 0 Å². The molecule has 0 N–H and O–H groups in total. The molecule has 0 unspecified atom stereocenters. The molecule has 2 aromatic carbocycles. The minimum absolute atomic E-state index is 0.0534. The number of nitrogens with zero attached hydrogens (tertiary/aromatic N) is 2. The van der Waals surface area contributed by atoms with Gasteiger partial charge in [0.2, 0.25) is 15.9 Å². The van der Waals surface area contributed by atoms with Gasteiger partial charge in [-0.3, -0.25) is 4.79 Å². The van der Waals surface area contributed by atoms with E-state index in [2.05, 4.69) is 0 Å². The van der Waals surface area contributed by atoms with Crippen LogP contribution in [0, 0.1) is 13.8 Å². The fourth-order valence-corrected chi connectivity index (χ4v) is 5.99. The lowest BCUT2D eigenvalue weighted by Gasteiger charge is -2.35. The van der Waals surface area contributed by atoms with Crippen molar-refractivity contribution in [1.29, 1.82) is 0 Å². The number of hydrogen-bond donors (Lipinski definition) is 0. The van der Waals surface area contributed by atoms with Gasteiger partial charge in [0.15, 0.2) is 0 Å². The number of thioether (sulfide) groups is 1. The lowest BCUT2D eigenvalue weighted by Crippen LogP contribution is -2.52.